The number of benzene rings is 2. The average molecular weight is 438 g/mol. The number of halogens is 1. The molecular formula is C23H19FN2O4S. The maximum absolute atomic E-state index is 13.0. The molecule has 0 atom stereocenters. The van der Waals surface area contributed by atoms with Gasteiger partial charge in [0.1, 0.15) is 15.5 Å². The summed E-state index contributed by atoms with van der Waals surface area (Å²) >= 11 is 1.05. The predicted molar refractivity (Wildman–Crippen MR) is 117 cm³/mol. The van der Waals surface area contributed by atoms with Crippen molar-refractivity contribution in [2.24, 2.45) is 7.05 Å². The molecule has 2 aromatic heterocycles. The van der Waals surface area contributed by atoms with Crippen molar-refractivity contribution >= 4 is 27.5 Å². The van der Waals surface area contributed by atoms with Gasteiger partial charge < -0.3 is 4.74 Å². The van der Waals surface area contributed by atoms with Gasteiger partial charge in [0.05, 0.1) is 18.5 Å². The van der Waals surface area contributed by atoms with Crippen LogP contribution in [0, 0.1) is 5.82 Å². The van der Waals surface area contributed by atoms with Crippen LogP contribution in [0.2, 0.25) is 0 Å². The molecule has 0 saturated heterocycles. The number of nitrogens with zero attached hydrogens (tertiary/aromatic N) is 2. The third-order valence-corrected chi connectivity index (χ3v) is 6.12. The number of hydrogen-bond donors (Lipinski definition) is 0. The predicted octanol–water partition coefficient (Wildman–Crippen LogP) is 3.35. The molecule has 0 bridgehead atoms. The van der Waals surface area contributed by atoms with Gasteiger partial charge in [0.15, 0.2) is 0 Å². The van der Waals surface area contributed by atoms with Crippen LogP contribution in [-0.4, -0.2) is 21.7 Å². The minimum atomic E-state index is -0.565. The molecule has 4 rings (SSSR count). The van der Waals surface area contributed by atoms with Crippen LogP contribution in [0.25, 0.3) is 10.2 Å². The van der Waals surface area contributed by atoms with Crippen molar-refractivity contribution in [3.8, 4) is 0 Å². The van der Waals surface area contributed by atoms with Crippen LogP contribution in [0.3, 0.4) is 0 Å². The zero-order chi connectivity index (χ0) is 22.0. The number of esters is 1. The highest BCUT2D eigenvalue weighted by molar-refractivity contribution is 7.20. The molecule has 0 fully saturated rings. The highest BCUT2D eigenvalue weighted by atomic mass is 32.1. The van der Waals surface area contributed by atoms with E-state index in [1.165, 1.54) is 22.8 Å². The van der Waals surface area contributed by atoms with Gasteiger partial charge in [-0.05, 0) is 29.3 Å². The van der Waals surface area contributed by atoms with Crippen molar-refractivity contribution in [2.45, 2.75) is 13.0 Å². The first-order valence-electron chi connectivity index (χ1n) is 9.63. The van der Waals surface area contributed by atoms with Crippen LogP contribution in [0.15, 0.2) is 70.3 Å². The van der Waals surface area contributed by atoms with E-state index in [-0.39, 0.29) is 23.8 Å². The average Bonchev–Trinajstić information content (AvgIpc) is 3.23. The van der Waals surface area contributed by atoms with E-state index in [4.69, 9.17) is 4.74 Å². The van der Waals surface area contributed by atoms with E-state index in [1.807, 2.05) is 30.3 Å². The highest BCUT2D eigenvalue weighted by Crippen LogP contribution is 2.22. The summed E-state index contributed by atoms with van der Waals surface area (Å²) < 4.78 is 20.8. The maximum atomic E-state index is 13.0. The number of carbonyl (C=O) groups excluding carboxylic acids is 1. The molecule has 8 heteroatoms. The lowest BCUT2D eigenvalue weighted by Crippen LogP contribution is -2.38. The largest absolute Gasteiger partial charge is 0.461 e. The molecule has 0 amide bonds. The molecular weight excluding hydrogens is 419 g/mol. The molecule has 158 valence electrons. The van der Waals surface area contributed by atoms with Gasteiger partial charge in [-0.15, -0.1) is 11.3 Å². The van der Waals surface area contributed by atoms with Gasteiger partial charge in [0, 0.05) is 13.5 Å². The molecule has 4 aromatic rings. The monoisotopic (exact) mass is 438 g/mol. The quantitative estimate of drug-likeness (QED) is 0.433. The third kappa shape index (κ3) is 4.34. The summed E-state index contributed by atoms with van der Waals surface area (Å²) in [5.74, 6) is -0.890. The SMILES string of the molecule is Cn1c(=O)n(Cc2ccccc2)c(=O)c2cc(C(=O)OCCc3ccc(F)cc3)sc21. The Balaban J connectivity index is 1.57. The molecule has 0 spiro atoms. The number of rotatable bonds is 6. The number of ether oxygens (including phenoxy) is 1. The van der Waals surface area contributed by atoms with Crippen molar-refractivity contribution in [2.75, 3.05) is 6.61 Å². The molecule has 0 aliphatic carbocycles. The first-order valence-corrected chi connectivity index (χ1v) is 10.4. The van der Waals surface area contributed by atoms with E-state index >= 15 is 0 Å². The number of aromatic nitrogens is 2. The van der Waals surface area contributed by atoms with Crippen LogP contribution in [0.4, 0.5) is 4.39 Å². The zero-order valence-corrected chi connectivity index (χ0v) is 17.5. The molecule has 0 saturated carbocycles. The summed E-state index contributed by atoms with van der Waals surface area (Å²) in [5.41, 5.74) is 0.788. The van der Waals surface area contributed by atoms with E-state index in [0.29, 0.717) is 16.6 Å². The lowest BCUT2D eigenvalue weighted by Gasteiger charge is -2.08. The van der Waals surface area contributed by atoms with Crippen molar-refractivity contribution in [1.29, 1.82) is 0 Å². The van der Waals surface area contributed by atoms with E-state index in [2.05, 4.69) is 0 Å². The first kappa shape index (κ1) is 20.7. The Labute approximate surface area is 180 Å². The summed E-state index contributed by atoms with van der Waals surface area (Å²) in [5, 5.41) is 0.300. The minimum Gasteiger partial charge on any atom is -0.461 e. The Hall–Kier alpha value is -3.52. The minimum absolute atomic E-state index is 0.121. The summed E-state index contributed by atoms with van der Waals surface area (Å²) in [4.78, 5) is 38.8. The van der Waals surface area contributed by atoms with Crippen molar-refractivity contribution in [3.05, 3.63) is 103 Å². The van der Waals surface area contributed by atoms with Gasteiger partial charge in [-0.3, -0.25) is 13.9 Å². The molecule has 2 aromatic carbocycles. The number of carbonyl (C=O) groups is 1. The van der Waals surface area contributed by atoms with Crippen LogP contribution >= 0.6 is 11.3 Å². The fraction of sp³-hybridized carbons (Fsp3) is 0.174. The van der Waals surface area contributed by atoms with Crippen molar-refractivity contribution in [1.82, 2.24) is 9.13 Å². The number of thiophene rings is 1. The maximum Gasteiger partial charge on any atom is 0.348 e. The third-order valence-electron chi connectivity index (χ3n) is 4.93. The lowest BCUT2D eigenvalue weighted by atomic mass is 10.2. The Morgan fingerprint density at radius 2 is 1.74 bits per heavy atom. The number of hydrogen-bond acceptors (Lipinski definition) is 5. The Bertz CT molecular complexity index is 1350. The van der Waals surface area contributed by atoms with Crippen LogP contribution in [0.1, 0.15) is 20.8 Å². The van der Waals surface area contributed by atoms with Gasteiger partial charge in [0.2, 0.25) is 0 Å². The molecule has 31 heavy (non-hydrogen) atoms. The lowest BCUT2D eigenvalue weighted by molar-refractivity contribution is 0.0515. The van der Waals surface area contributed by atoms with Crippen molar-refractivity contribution < 1.29 is 13.9 Å². The highest BCUT2D eigenvalue weighted by Gasteiger charge is 2.18. The zero-order valence-electron chi connectivity index (χ0n) is 16.7. The molecule has 2 heterocycles. The van der Waals surface area contributed by atoms with E-state index in [0.717, 1.165) is 27.0 Å². The summed E-state index contributed by atoms with van der Waals surface area (Å²) in [7, 11) is 1.58. The normalized spacial score (nSPS) is 11.0. The first-order chi connectivity index (χ1) is 14.9. The molecule has 0 unspecified atom stereocenters. The molecule has 0 N–H and O–H groups in total. The van der Waals surface area contributed by atoms with E-state index < -0.39 is 17.2 Å². The summed E-state index contributed by atoms with van der Waals surface area (Å²) in [6.45, 7) is 0.269. The molecule has 6 nitrogen and oxygen atoms in total. The van der Waals surface area contributed by atoms with E-state index in [9.17, 15) is 18.8 Å². The van der Waals surface area contributed by atoms with Gasteiger partial charge in [-0.1, -0.05) is 42.5 Å². The van der Waals surface area contributed by atoms with Crippen molar-refractivity contribution in [3.63, 3.8) is 0 Å². The van der Waals surface area contributed by atoms with Gasteiger partial charge in [-0.2, -0.15) is 0 Å². The van der Waals surface area contributed by atoms with E-state index in [1.54, 1.807) is 19.2 Å². The molecule has 0 aliphatic heterocycles. The second kappa shape index (κ2) is 8.69. The Morgan fingerprint density at radius 3 is 2.45 bits per heavy atom. The standard InChI is InChI=1S/C23H19FN2O4S/c1-25-21-18(20(27)26(23(25)29)14-16-5-3-2-4-6-16)13-19(31-21)22(28)30-12-11-15-7-9-17(24)10-8-15/h2-10,13H,11-12,14H2,1H3. The topological polar surface area (TPSA) is 70.3 Å². The van der Waals surface area contributed by atoms with Crippen LogP contribution in [-0.2, 0) is 24.8 Å². The van der Waals surface area contributed by atoms with Gasteiger partial charge in [-0.25, -0.2) is 14.0 Å². The Morgan fingerprint density at radius 1 is 1.03 bits per heavy atom. The second-order valence-electron chi connectivity index (χ2n) is 7.06. The van der Waals surface area contributed by atoms with Crippen LogP contribution in [0.5, 0.6) is 0 Å². The fourth-order valence-corrected chi connectivity index (χ4v) is 4.27. The fourth-order valence-electron chi connectivity index (χ4n) is 3.27. The summed E-state index contributed by atoms with van der Waals surface area (Å²) in [6.07, 6.45) is 0.444. The molecule has 0 radical (unpaired) electrons. The second-order valence-corrected chi connectivity index (χ2v) is 8.09. The number of fused-ring (bicyclic) bond motifs is 1. The molecule has 0 aliphatic rings. The van der Waals surface area contributed by atoms with Gasteiger partial charge >= 0.3 is 11.7 Å². The van der Waals surface area contributed by atoms with Crippen LogP contribution < -0.4 is 11.2 Å². The number of aryl methyl sites for hydroxylation is 1. The Kier molecular flexibility index (Phi) is 5.81. The summed E-state index contributed by atoms with van der Waals surface area (Å²) in [6, 6.07) is 16.7. The smallest absolute Gasteiger partial charge is 0.348 e. The van der Waals surface area contributed by atoms with Gasteiger partial charge in [0.25, 0.3) is 5.56 Å².